The Kier molecular flexibility index (Phi) is 7.03. The molecule has 1 N–H and O–H groups in total. The van der Waals surface area contributed by atoms with Crippen molar-refractivity contribution in [2.45, 2.75) is 38.9 Å². The molecule has 0 aliphatic carbocycles. The fourth-order valence-electron chi connectivity index (χ4n) is 3.78. The second kappa shape index (κ2) is 8.87. The molecular formula is C19H24Cl2N4O2. The Morgan fingerprint density at radius 1 is 1.19 bits per heavy atom. The highest BCUT2D eigenvalue weighted by molar-refractivity contribution is 5.95. The van der Waals surface area contributed by atoms with E-state index in [0.717, 1.165) is 42.8 Å². The van der Waals surface area contributed by atoms with Crippen molar-refractivity contribution in [1.29, 1.82) is 0 Å². The molecular weight excluding hydrogens is 387 g/mol. The normalized spacial score (nSPS) is 16.3. The monoisotopic (exact) mass is 410 g/mol. The van der Waals surface area contributed by atoms with Gasteiger partial charge in [0.15, 0.2) is 0 Å². The van der Waals surface area contributed by atoms with Crippen LogP contribution in [0.4, 0.5) is 0 Å². The molecule has 0 saturated carbocycles. The average Bonchev–Trinajstić information content (AvgIpc) is 3.07. The van der Waals surface area contributed by atoms with Crippen LogP contribution in [0.3, 0.4) is 0 Å². The van der Waals surface area contributed by atoms with E-state index in [-0.39, 0.29) is 42.3 Å². The molecule has 4 rings (SSSR count). The summed E-state index contributed by atoms with van der Waals surface area (Å²) in [6.07, 6.45) is 5.40. The minimum atomic E-state index is -0.191. The van der Waals surface area contributed by atoms with Crippen LogP contribution in [-0.4, -0.2) is 33.4 Å². The van der Waals surface area contributed by atoms with Crippen LogP contribution in [0.15, 0.2) is 35.4 Å². The molecule has 0 radical (unpaired) electrons. The Balaban J connectivity index is 0.00000131. The third-order valence-electron chi connectivity index (χ3n) is 5.22. The number of hydrogen-bond acceptors (Lipinski definition) is 4. The van der Waals surface area contributed by atoms with Gasteiger partial charge in [0.2, 0.25) is 0 Å². The molecule has 8 heteroatoms. The van der Waals surface area contributed by atoms with Crippen molar-refractivity contribution < 1.29 is 4.79 Å². The molecule has 0 spiro atoms. The van der Waals surface area contributed by atoms with Crippen molar-refractivity contribution in [3.63, 3.8) is 0 Å². The fraction of sp³-hybridized carbons (Fsp3) is 0.421. The molecule has 2 aliphatic rings. The SMILES string of the molecule is Cc1ccn(C2CCNCC2)c(=O)c1C(=O)N1Cc2cccnc2C1.Cl.Cl. The number of pyridine rings is 2. The van der Waals surface area contributed by atoms with Crippen molar-refractivity contribution in [2.24, 2.45) is 0 Å². The molecule has 0 atom stereocenters. The fourth-order valence-corrected chi connectivity index (χ4v) is 3.78. The van der Waals surface area contributed by atoms with Gasteiger partial charge in [-0.3, -0.25) is 14.6 Å². The number of nitrogens with one attached hydrogen (secondary N) is 1. The number of halogens is 2. The van der Waals surface area contributed by atoms with Crippen LogP contribution in [0, 0.1) is 6.92 Å². The molecule has 0 unspecified atom stereocenters. The van der Waals surface area contributed by atoms with Crippen molar-refractivity contribution in [3.8, 4) is 0 Å². The zero-order valence-electron chi connectivity index (χ0n) is 15.2. The first-order valence-corrected chi connectivity index (χ1v) is 8.79. The lowest BCUT2D eigenvalue weighted by Gasteiger charge is -2.26. The number of aromatic nitrogens is 2. The number of hydrogen-bond donors (Lipinski definition) is 1. The maximum absolute atomic E-state index is 13.1. The maximum Gasteiger partial charge on any atom is 0.263 e. The lowest BCUT2D eigenvalue weighted by Crippen LogP contribution is -2.38. The van der Waals surface area contributed by atoms with E-state index >= 15 is 0 Å². The Morgan fingerprint density at radius 2 is 1.93 bits per heavy atom. The molecule has 0 aromatic carbocycles. The summed E-state index contributed by atoms with van der Waals surface area (Å²) in [5.41, 5.74) is 2.85. The molecule has 2 aromatic rings. The smallest absolute Gasteiger partial charge is 0.263 e. The Morgan fingerprint density at radius 3 is 2.63 bits per heavy atom. The van der Waals surface area contributed by atoms with Crippen LogP contribution in [0.1, 0.15) is 46.1 Å². The molecule has 1 saturated heterocycles. The highest BCUT2D eigenvalue weighted by Crippen LogP contribution is 2.23. The van der Waals surface area contributed by atoms with E-state index in [1.165, 1.54) is 0 Å². The lowest BCUT2D eigenvalue weighted by molar-refractivity contribution is 0.0746. The van der Waals surface area contributed by atoms with Crippen LogP contribution in [-0.2, 0) is 13.1 Å². The van der Waals surface area contributed by atoms with Gasteiger partial charge in [-0.2, -0.15) is 0 Å². The molecule has 4 heterocycles. The Bertz CT molecular complexity index is 853. The van der Waals surface area contributed by atoms with Gasteiger partial charge in [0.25, 0.3) is 11.5 Å². The number of carbonyl (C=O) groups excluding carboxylic acids is 1. The lowest BCUT2D eigenvalue weighted by atomic mass is 10.0. The number of aryl methyl sites for hydroxylation is 1. The Labute approximate surface area is 170 Å². The highest BCUT2D eigenvalue weighted by Gasteiger charge is 2.29. The quantitative estimate of drug-likeness (QED) is 0.825. The van der Waals surface area contributed by atoms with Crippen molar-refractivity contribution >= 4 is 30.7 Å². The number of amides is 1. The summed E-state index contributed by atoms with van der Waals surface area (Å²) >= 11 is 0. The molecule has 1 amide bonds. The predicted octanol–water partition coefficient (Wildman–Crippen LogP) is 2.48. The van der Waals surface area contributed by atoms with E-state index in [4.69, 9.17) is 0 Å². The van der Waals surface area contributed by atoms with Gasteiger partial charge in [-0.15, -0.1) is 24.8 Å². The van der Waals surface area contributed by atoms with Crippen LogP contribution in [0.25, 0.3) is 0 Å². The summed E-state index contributed by atoms with van der Waals surface area (Å²) in [4.78, 5) is 32.2. The van der Waals surface area contributed by atoms with Crippen molar-refractivity contribution in [3.05, 3.63) is 63.3 Å². The minimum absolute atomic E-state index is 0. The number of fused-ring (bicyclic) bond motifs is 1. The second-order valence-corrected chi connectivity index (χ2v) is 6.84. The highest BCUT2D eigenvalue weighted by atomic mass is 35.5. The Hall–Kier alpha value is -1.89. The van der Waals surface area contributed by atoms with E-state index in [9.17, 15) is 9.59 Å². The van der Waals surface area contributed by atoms with Gasteiger partial charge in [-0.05, 0) is 56.1 Å². The summed E-state index contributed by atoms with van der Waals surface area (Å²) in [7, 11) is 0. The summed E-state index contributed by atoms with van der Waals surface area (Å²) in [5, 5.41) is 3.31. The number of nitrogens with zero attached hydrogens (tertiary/aromatic N) is 3. The standard InChI is InChI=1S/C19H22N4O2.2ClH/c1-13-6-10-23(15-4-8-20-9-5-15)19(25)17(13)18(24)22-11-14-3-2-7-21-16(14)12-22;;/h2-3,6-7,10,15,20H,4-5,8-9,11-12H2,1H3;2*1H. The van der Waals surface area contributed by atoms with Gasteiger partial charge in [0.1, 0.15) is 5.56 Å². The summed E-state index contributed by atoms with van der Waals surface area (Å²) in [5.74, 6) is -0.191. The molecule has 0 bridgehead atoms. The van der Waals surface area contributed by atoms with E-state index in [1.54, 1.807) is 15.7 Å². The topological polar surface area (TPSA) is 67.2 Å². The molecule has 2 aliphatic heterocycles. The zero-order valence-corrected chi connectivity index (χ0v) is 16.8. The van der Waals surface area contributed by atoms with E-state index in [1.807, 2.05) is 31.3 Å². The van der Waals surface area contributed by atoms with Gasteiger partial charge in [0, 0.05) is 25.0 Å². The van der Waals surface area contributed by atoms with Gasteiger partial charge < -0.3 is 14.8 Å². The van der Waals surface area contributed by atoms with E-state index in [0.29, 0.717) is 18.7 Å². The number of rotatable bonds is 2. The van der Waals surface area contributed by atoms with Gasteiger partial charge in [-0.25, -0.2) is 0 Å². The molecule has 146 valence electrons. The minimum Gasteiger partial charge on any atom is -0.328 e. The van der Waals surface area contributed by atoms with Crippen molar-refractivity contribution in [2.75, 3.05) is 13.1 Å². The predicted molar refractivity (Wildman–Crippen MR) is 109 cm³/mol. The average molecular weight is 411 g/mol. The third kappa shape index (κ3) is 4.03. The van der Waals surface area contributed by atoms with Crippen LogP contribution >= 0.6 is 24.8 Å². The van der Waals surface area contributed by atoms with Gasteiger partial charge in [-0.1, -0.05) is 6.07 Å². The third-order valence-corrected chi connectivity index (χ3v) is 5.22. The summed E-state index contributed by atoms with van der Waals surface area (Å²) in [6, 6.07) is 5.92. The van der Waals surface area contributed by atoms with Crippen LogP contribution in [0.5, 0.6) is 0 Å². The summed E-state index contributed by atoms with van der Waals surface area (Å²) < 4.78 is 1.75. The first-order chi connectivity index (χ1) is 12.1. The van der Waals surface area contributed by atoms with Gasteiger partial charge >= 0.3 is 0 Å². The number of piperidine rings is 1. The first-order valence-electron chi connectivity index (χ1n) is 8.79. The number of carbonyl (C=O) groups is 1. The van der Waals surface area contributed by atoms with Crippen LogP contribution in [0.2, 0.25) is 0 Å². The summed E-state index contributed by atoms with van der Waals surface area (Å²) in [6.45, 7) is 4.63. The molecule has 27 heavy (non-hydrogen) atoms. The molecule has 2 aromatic heterocycles. The first kappa shape index (κ1) is 21.4. The van der Waals surface area contributed by atoms with Crippen LogP contribution < -0.4 is 10.9 Å². The largest absolute Gasteiger partial charge is 0.328 e. The molecule has 1 fully saturated rings. The van der Waals surface area contributed by atoms with Crippen molar-refractivity contribution in [1.82, 2.24) is 19.8 Å². The second-order valence-electron chi connectivity index (χ2n) is 6.84. The van der Waals surface area contributed by atoms with E-state index in [2.05, 4.69) is 10.3 Å². The zero-order chi connectivity index (χ0) is 17.4. The van der Waals surface area contributed by atoms with Gasteiger partial charge in [0.05, 0.1) is 12.2 Å². The maximum atomic E-state index is 13.1. The van der Waals surface area contributed by atoms with E-state index < -0.39 is 0 Å². The molecule has 6 nitrogen and oxygen atoms in total.